The van der Waals surface area contributed by atoms with E-state index in [1.807, 2.05) is 27.7 Å². The van der Waals surface area contributed by atoms with E-state index < -0.39 is 5.97 Å². The van der Waals surface area contributed by atoms with Crippen molar-refractivity contribution in [2.24, 2.45) is 0 Å². The molecule has 0 aliphatic carbocycles. The van der Waals surface area contributed by atoms with Gasteiger partial charge in [-0.1, -0.05) is 52.0 Å². The van der Waals surface area contributed by atoms with Crippen molar-refractivity contribution < 1.29 is 34.0 Å². The molecule has 0 aliphatic rings. The van der Waals surface area contributed by atoms with Crippen LogP contribution in [0.15, 0.2) is 12.7 Å². The molecule has 1 aromatic carbocycles. The van der Waals surface area contributed by atoms with Gasteiger partial charge in [0.1, 0.15) is 0 Å². The van der Waals surface area contributed by atoms with Gasteiger partial charge in [0.05, 0.1) is 26.4 Å². The van der Waals surface area contributed by atoms with Gasteiger partial charge >= 0.3 is 5.97 Å². The third kappa shape index (κ3) is 11.2. The van der Waals surface area contributed by atoms with Crippen molar-refractivity contribution in [1.82, 2.24) is 0 Å². The summed E-state index contributed by atoms with van der Waals surface area (Å²) in [6.07, 6.45) is 10.1. The topological polar surface area (TPSA) is 94.5 Å². The van der Waals surface area contributed by atoms with Gasteiger partial charge in [0.2, 0.25) is 17.2 Å². The van der Waals surface area contributed by atoms with E-state index in [0.29, 0.717) is 49.4 Å². The summed E-state index contributed by atoms with van der Waals surface area (Å²) in [6, 6.07) is 0. The van der Waals surface area contributed by atoms with Crippen LogP contribution in [0.2, 0.25) is 0 Å². The molecule has 33 heavy (non-hydrogen) atoms. The standard InChI is InChI=1S/C23H40O5.C3H4O2/c1-6-11-12-13-14-15-16-17-18-19(24)21(26-8-3)23(28-10-5)22(27-9-4)20(18)25-7-2;1-2-3(4)5/h24H,6-17H2,1-5H3;2H,1H2,(H,4,5). The first-order valence-corrected chi connectivity index (χ1v) is 12.2. The van der Waals surface area contributed by atoms with Gasteiger partial charge in [-0.3, -0.25) is 0 Å². The molecule has 0 spiro atoms. The van der Waals surface area contributed by atoms with Crippen LogP contribution in [0.4, 0.5) is 0 Å². The number of carboxylic acid groups (broad SMARTS) is 1. The van der Waals surface area contributed by atoms with Crippen LogP contribution in [0.25, 0.3) is 0 Å². The number of hydrogen-bond acceptors (Lipinski definition) is 6. The Balaban J connectivity index is 0.00000184. The molecule has 2 N–H and O–H groups in total. The minimum absolute atomic E-state index is 0.114. The number of phenolic OH excluding ortho intramolecular Hbond substituents is 1. The van der Waals surface area contributed by atoms with Gasteiger partial charge in [0.25, 0.3) is 0 Å². The van der Waals surface area contributed by atoms with Crippen LogP contribution in [-0.4, -0.2) is 42.6 Å². The molecule has 0 amide bonds. The Bertz CT molecular complexity index is 686. The van der Waals surface area contributed by atoms with Crippen molar-refractivity contribution in [3.8, 4) is 28.7 Å². The van der Waals surface area contributed by atoms with E-state index in [-0.39, 0.29) is 5.75 Å². The molecular formula is C26H44O7. The molecule has 7 nitrogen and oxygen atoms in total. The Morgan fingerprint density at radius 2 is 1.12 bits per heavy atom. The molecule has 0 radical (unpaired) electrons. The highest BCUT2D eigenvalue weighted by Gasteiger charge is 2.28. The number of ether oxygens (including phenoxy) is 4. The molecule has 1 rings (SSSR count). The maximum absolute atomic E-state index is 11.0. The number of unbranched alkanes of at least 4 members (excludes halogenated alkanes) is 6. The molecule has 0 aliphatic heterocycles. The number of benzene rings is 1. The predicted molar refractivity (Wildman–Crippen MR) is 132 cm³/mol. The monoisotopic (exact) mass is 468 g/mol. The zero-order chi connectivity index (χ0) is 25.1. The van der Waals surface area contributed by atoms with Crippen LogP contribution in [-0.2, 0) is 11.2 Å². The number of carbonyl (C=O) groups is 1. The molecule has 0 bridgehead atoms. The summed E-state index contributed by atoms with van der Waals surface area (Å²) in [5.41, 5.74) is 0.755. The minimum Gasteiger partial charge on any atom is -0.504 e. The highest BCUT2D eigenvalue weighted by molar-refractivity contribution is 5.78. The fraction of sp³-hybridized carbons (Fsp3) is 0.654. The van der Waals surface area contributed by atoms with Crippen molar-refractivity contribution >= 4 is 5.97 Å². The van der Waals surface area contributed by atoms with Crippen molar-refractivity contribution in [3.05, 3.63) is 18.2 Å². The van der Waals surface area contributed by atoms with Crippen LogP contribution < -0.4 is 18.9 Å². The molecule has 190 valence electrons. The van der Waals surface area contributed by atoms with Crippen molar-refractivity contribution in [1.29, 1.82) is 0 Å². The Morgan fingerprint density at radius 1 is 0.727 bits per heavy atom. The van der Waals surface area contributed by atoms with Gasteiger partial charge in [0, 0.05) is 11.6 Å². The van der Waals surface area contributed by atoms with Gasteiger partial charge in [-0.2, -0.15) is 0 Å². The molecule has 0 saturated heterocycles. The average molecular weight is 469 g/mol. The Hall–Kier alpha value is -2.57. The summed E-state index contributed by atoms with van der Waals surface area (Å²) in [7, 11) is 0. The maximum Gasteiger partial charge on any atom is 0.327 e. The van der Waals surface area contributed by atoms with E-state index in [1.54, 1.807) is 0 Å². The summed E-state index contributed by atoms with van der Waals surface area (Å²) < 4.78 is 23.3. The number of aromatic hydroxyl groups is 1. The SMILES string of the molecule is C=CC(=O)O.CCCCCCCCCc1c(O)c(OCC)c(OCC)c(OCC)c1OCC. The van der Waals surface area contributed by atoms with E-state index in [4.69, 9.17) is 24.1 Å². The Labute approximate surface area is 199 Å². The molecule has 0 heterocycles. The lowest BCUT2D eigenvalue weighted by atomic mass is 10.0. The molecule has 0 fully saturated rings. The second kappa shape index (κ2) is 18.9. The first-order valence-electron chi connectivity index (χ1n) is 12.2. The molecule has 0 atom stereocenters. The summed E-state index contributed by atoms with van der Waals surface area (Å²) in [4.78, 5) is 9.25. The zero-order valence-electron chi connectivity index (χ0n) is 21.2. The van der Waals surface area contributed by atoms with Crippen LogP contribution in [0.3, 0.4) is 0 Å². The van der Waals surface area contributed by atoms with E-state index >= 15 is 0 Å². The van der Waals surface area contributed by atoms with Crippen LogP contribution in [0.5, 0.6) is 28.7 Å². The lowest BCUT2D eigenvalue weighted by Gasteiger charge is -2.23. The lowest BCUT2D eigenvalue weighted by molar-refractivity contribution is -0.131. The maximum atomic E-state index is 11.0. The normalized spacial score (nSPS) is 10.1. The minimum atomic E-state index is -0.981. The fourth-order valence-corrected chi connectivity index (χ4v) is 3.31. The molecular weight excluding hydrogens is 424 g/mol. The summed E-state index contributed by atoms with van der Waals surface area (Å²) in [5.74, 6) is 1.03. The third-order valence-corrected chi connectivity index (χ3v) is 4.75. The molecule has 7 heteroatoms. The average Bonchev–Trinajstić information content (AvgIpc) is 2.80. The number of aliphatic carboxylic acids is 1. The fourth-order valence-electron chi connectivity index (χ4n) is 3.31. The second-order valence-electron chi connectivity index (χ2n) is 7.29. The van der Waals surface area contributed by atoms with E-state index in [0.717, 1.165) is 30.9 Å². The summed E-state index contributed by atoms with van der Waals surface area (Å²) in [6.45, 7) is 14.7. The van der Waals surface area contributed by atoms with E-state index in [1.165, 1.54) is 32.1 Å². The van der Waals surface area contributed by atoms with Gasteiger partial charge in [-0.15, -0.1) is 0 Å². The Kier molecular flexibility index (Phi) is 17.5. The van der Waals surface area contributed by atoms with Crippen LogP contribution in [0, 0.1) is 0 Å². The first-order chi connectivity index (χ1) is 15.9. The van der Waals surface area contributed by atoms with Crippen molar-refractivity contribution in [3.63, 3.8) is 0 Å². The van der Waals surface area contributed by atoms with Crippen molar-refractivity contribution in [2.75, 3.05) is 26.4 Å². The quantitative estimate of drug-likeness (QED) is 0.198. The number of hydrogen-bond donors (Lipinski definition) is 2. The summed E-state index contributed by atoms with van der Waals surface area (Å²) >= 11 is 0. The smallest absolute Gasteiger partial charge is 0.327 e. The van der Waals surface area contributed by atoms with E-state index in [9.17, 15) is 9.90 Å². The van der Waals surface area contributed by atoms with Crippen molar-refractivity contribution in [2.45, 2.75) is 86.0 Å². The third-order valence-electron chi connectivity index (χ3n) is 4.75. The lowest BCUT2D eigenvalue weighted by Crippen LogP contribution is -2.08. The Morgan fingerprint density at radius 3 is 1.58 bits per heavy atom. The highest BCUT2D eigenvalue weighted by atomic mass is 16.6. The van der Waals surface area contributed by atoms with Gasteiger partial charge in [-0.25, -0.2) is 4.79 Å². The number of carboxylic acids is 1. The van der Waals surface area contributed by atoms with Gasteiger partial charge in [-0.05, 0) is 40.5 Å². The second-order valence-corrected chi connectivity index (χ2v) is 7.29. The zero-order valence-corrected chi connectivity index (χ0v) is 21.2. The van der Waals surface area contributed by atoms with Gasteiger partial charge < -0.3 is 29.2 Å². The van der Waals surface area contributed by atoms with Crippen LogP contribution >= 0.6 is 0 Å². The predicted octanol–water partition coefficient (Wildman–Crippen LogP) is 6.54. The number of phenols is 1. The van der Waals surface area contributed by atoms with E-state index in [2.05, 4.69) is 13.5 Å². The molecule has 1 aromatic rings. The largest absolute Gasteiger partial charge is 0.504 e. The molecule has 0 aromatic heterocycles. The molecule has 0 saturated carbocycles. The summed E-state index contributed by atoms with van der Waals surface area (Å²) in [5, 5.41) is 18.6. The molecule has 0 unspecified atom stereocenters. The first kappa shape index (κ1) is 30.4. The van der Waals surface area contributed by atoms with Crippen LogP contribution in [0.1, 0.15) is 85.1 Å². The number of rotatable bonds is 17. The highest BCUT2D eigenvalue weighted by Crippen LogP contribution is 2.54. The van der Waals surface area contributed by atoms with Gasteiger partial charge in [0.15, 0.2) is 11.5 Å².